The van der Waals surface area contributed by atoms with E-state index in [9.17, 15) is 4.39 Å². The molecule has 0 saturated heterocycles. The molecule has 1 aliphatic rings. The van der Waals surface area contributed by atoms with Crippen molar-refractivity contribution in [3.05, 3.63) is 34.1 Å². The molecular weight excluding hydrogens is 333 g/mol. The van der Waals surface area contributed by atoms with Crippen LogP contribution in [-0.2, 0) is 11.2 Å². The molecule has 21 heavy (non-hydrogen) atoms. The lowest BCUT2D eigenvalue weighted by atomic mass is 9.85. The van der Waals surface area contributed by atoms with Crippen molar-refractivity contribution >= 4 is 15.9 Å². The van der Waals surface area contributed by atoms with Crippen molar-refractivity contribution in [3.63, 3.8) is 0 Å². The monoisotopic (exact) mass is 357 g/mol. The summed E-state index contributed by atoms with van der Waals surface area (Å²) in [5, 5.41) is 3.48. The quantitative estimate of drug-likeness (QED) is 0.704. The van der Waals surface area contributed by atoms with Gasteiger partial charge in [0.2, 0.25) is 0 Å². The molecule has 0 bridgehead atoms. The highest BCUT2D eigenvalue weighted by Crippen LogP contribution is 2.34. The molecule has 0 heterocycles. The third-order valence-corrected chi connectivity index (χ3v) is 5.22. The Hall–Kier alpha value is -0.450. The van der Waals surface area contributed by atoms with Gasteiger partial charge in [0.15, 0.2) is 0 Å². The van der Waals surface area contributed by atoms with Crippen molar-refractivity contribution in [3.8, 4) is 0 Å². The van der Waals surface area contributed by atoms with Crippen LogP contribution in [0.4, 0.5) is 4.39 Å². The zero-order valence-corrected chi connectivity index (χ0v) is 14.3. The molecule has 1 saturated carbocycles. The highest BCUT2D eigenvalue weighted by molar-refractivity contribution is 9.10. The van der Waals surface area contributed by atoms with Crippen LogP contribution < -0.4 is 5.32 Å². The van der Waals surface area contributed by atoms with E-state index in [2.05, 4.69) is 21.2 Å². The van der Waals surface area contributed by atoms with Gasteiger partial charge < -0.3 is 10.1 Å². The van der Waals surface area contributed by atoms with E-state index in [1.165, 1.54) is 31.7 Å². The van der Waals surface area contributed by atoms with Gasteiger partial charge in [-0.3, -0.25) is 0 Å². The minimum atomic E-state index is -0.147. The van der Waals surface area contributed by atoms with Crippen LogP contribution in [0, 0.1) is 17.7 Å². The van der Waals surface area contributed by atoms with E-state index < -0.39 is 0 Å². The number of halogens is 2. The summed E-state index contributed by atoms with van der Waals surface area (Å²) >= 11 is 3.55. The van der Waals surface area contributed by atoms with Gasteiger partial charge in [0.25, 0.3) is 0 Å². The van der Waals surface area contributed by atoms with Crippen LogP contribution in [0.1, 0.15) is 31.2 Å². The Bertz CT molecular complexity index is 435. The van der Waals surface area contributed by atoms with Crippen molar-refractivity contribution in [2.75, 3.05) is 26.8 Å². The van der Waals surface area contributed by atoms with Crippen LogP contribution in [0.5, 0.6) is 0 Å². The fourth-order valence-electron chi connectivity index (χ4n) is 3.28. The first-order chi connectivity index (χ1) is 10.2. The molecule has 2 nitrogen and oxygen atoms in total. The van der Waals surface area contributed by atoms with E-state index in [0.717, 1.165) is 42.1 Å². The molecule has 0 amide bonds. The Balaban J connectivity index is 1.98. The van der Waals surface area contributed by atoms with Crippen LogP contribution in [0.2, 0.25) is 0 Å². The summed E-state index contributed by atoms with van der Waals surface area (Å²) in [6.45, 7) is 2.60. The number of methoxy groups -OCH3 is 1. The third-order valence-electron chi connectivity index (χ3n) is 4.45. The Kier molecular flexibility index (Phi) is 7.14. The average Bonchev–Trinajstić information content (AvgIpc) is 3.00. The standard InChI is InChI=1S/C17H25BrFNO/c1-21-9-8-20-12-15(13-4-2-3-5-13)10-14-11-16(19)6-7-17(14)18/h6-7,11,13,15,20H,2-5,8-10,12H2,1H3. The van der Waals surface area contributed by atoms with E-state index in [0.29, 0.717) is 5.92 Å². The van der Waals surface area contributed by atoms with Gasteiger partial charge in [0.05, 0.1) is 6.61 Å². The number of benzene rings is 1. The van der Waals surface area contributed by atoms with Gasteiger partial charge in [0, 0.05) is 18.1 Å². The second kappa shape index (κ2) is 8.86. The Labute approximate surface area is 135 Å². The predicted octanol–water partition coefficient (Wildman–Crippen LogP) is 4.17. The summed E-state index contributed by atoms with van der Waals surface area (Å²) in [7, 11) is 1.72. The molecule has 118 valence electrons. The van der Waals surface area contributed by atoms with Crippen LogP contribution in [0.25, 0.3) is 0 Å². The molecule has 0 aliphatic heterocycles. The second-order valence-electron chi connectivity index (χ2n) is 5.94. The molecule has 1 fully saturated rings. The summed E-state index contributed by atoms with van der Waals surface area (Å²) in [6.07, 6.45) is 6.23. The maximum atomic E-state index is 13.5. The van der Waals surface area contributed by atoms with Gasteiger partial charge in [0.1, 0.15) is 5.82 Å². The van der Waals surface area contributed by atoms with Gasteiger partial charge in [-0.15, -0.1) is 0 Å². The molecule has 1 N–H and O–H groups in total. The lowest BCUT2D eigenvalue weighted by molar-refractivity contribution is 0.195. The topological polar surface area (TPSA) is 21.3 Å². The Morgan fingerprint density at radius 3 is 2.86 bits per heavy atom. The fraction of sp³-hybridized carbons (Fsp3) is 0.647. The minimum Gasteiger partial charge on any atom is -0.383 e. The SMILES string of the molecule is COCCNCC(Cc1cc(F)ccc1Br)C1CCCC1. The molecule has 1 aromatic carbocycles. The van der Waals surface area contributed by atoms with Crippen molar-refractivity contribution in [1.29, 1.82) is 0 Å². The van der Waals surface area contributed by atoms with Crippen molar-refractivity contribution in [1.82, 2.24) is 5.32 Å². The zero-order valence-electron chi connectivity index (χ0n) is 12.7. The van der Waals surface area contributed by atoms with Crippen LogP contribution in [0.15, 0.2) is 22.7 Å². The highest BCUT2D eigenvalue weighted by atomic mass is 79.9. The molecule has 1 unspecified atom stereocenters. The lowest BCUT2D eigenvalue weighted by Crippen LogP contribution is -2.31. The fourth-order valence-corrected chi connectivity index (χ4v) is 3.69. The van der Waals surface area contributed by atoms with Crippen molar-refractivity contribution in [2.45, 2.75) is 32.1 Å². The minimum absolute atomic E-state index is 0.147. The van der Waals surface area contributed by atoms with E-state index in [-0.39, 0.29) is 5.82 Å². The predicted molar refractivity (Wildman–Crippen MR) is 88.0 cm³/mol. The first-order valence-electron chi connectivity index (χ1n) is 7.84. The smallest absolute Gasteiger partial charge is 0.123 e. The summed E-state index contributed by atoms with van der Waals surface area (Å²) in [6, 6.07) is 4.99. The Morgan fingerprint density at radius 2 is 2.14 bits per heavy atom. The normalized spacial score (nSPS) is 17.3. The number of hydrogen-bond acceptors (Lipinski definition) is 2. The third kappa shape index (κ3) is 5.35. The van der Waals surface area contributed by atoms with Crippen molar-refractivity contribution < 1.29 is 9.13 Å². The van der Waals surface area contributed by atoms with E-state index in [1.807, 2.05) is 6.07 Å². The largest absolute Gasteiger partial charge is 0.383 e. The van der Waals surface area contributed by atoms with Gasteiger partial charge in [-0.1, -0.05) is 41.6 Å². The number of nitrogens with one attached hydrogen (secondary N) is 1. The van der Waals surface area contributed by atoms with Crippen LogP contribution in [0.3, 0.4) is 0 Å². The molecule has 0 radical (unpaired) electrons. The maximum Gasteiger partial charge on any atom is 0.123 e. The molecule has 0 spiro atoms. The van der Waals surface area contributed by atoms with E-state index in [1.54, 1.807) is 13.2 Å². The molecule has 0 aromatic heterocycles. The summed E-state index contributed by atoms with van der Waals surface area (Å²) in [5.41, 5.74) is 1.08. The maximum absolute atomic E-state index is 13.5. The molecule has 2 rings (SSSR count). The number of ether oxygens (including phenoxy) is 1. The van der Waals surface area contributed by atoms with Gasteiger partial charge in [-0.05, 0) is 48.6 Å². The Morgan fingerprint density at radius 1 is 1.38 bits per heavy atom. The lowest BCUT2D eigenvalue weighted by Gasteiger charge is -2.24. The van der Waals surface area contributed by atoms with E-state index >= 15 is 0 Å². The number of hydrogen-bond donors (Lipinski definition) is 1. The molecular formula is C17H25BrFNO. The molecule has 4 heteroatoms. The molecule has 1 atom stereocenters. The number of rotatable bonds is 8. The first kappa shape index (κ1) is 16.9. The average molecular weight is 358 g/mol. The zero-order chi connectivity index (χ0) is 15.1. The van der Waals surface area contributed by atoms with Gasteiger partial charge in [-0.25, -0.2) is 4.39 Å². The van der Waals surface area contributed by atoms with Gasteiger partial charge >= 0.3 is 0 Å². The van der Waals surface area contributed by atoms with Crippen LogP contribution in [-0.4, -0.2) is 26.8 Å². The summed E-state index contributed by atoms with van der Waals surface area (Å²) in [4.78, 5) is 0. The molecule has 1 aliphatic carbocycles. The highest BCUT2D eigenvalue weighted by Gasteiger charge is 2.25. The second-order valence-corrected chi connectivity index (χ2v) is 6.80. The van der Waals surface area contributed by atoms with Crippen molar-refractivity contribution in [2.24, 2.45) is 11.8 Å². The van der Waals surface area contributed by atoms with E-state index in [4.69, 9.17) is 4.74 Å². The van der Waals surface area contributed by atoms with Crippen LogP contribution >= 0.6 is 15.9 Å². The van der Waals surface area contributed by atoms with Gasteiger partial charge in [-0.2, -0.15) is 0 Å². The first-order valence-corrected chi connectivity index (χ1v) is 8.63. The summed E-state index contributed by atoms with van der Waals surface area (Å²) in [5.74, 6) is 1.18. The molecule has 1 aromatic rings. The summed E-state index contributed by atoms with van der Waals surface area (Å²) < 4.78 is 19.6.